The summed E-state index contributed by atoms with van der Waals surface area (Å²) in [6.07, 6.45) is 14.4. The van der Waals surface area contributed by atoms with E-state index in [9.17, 15) is 40.2 Å². The van der Waals surface area contributed by atoms with Crippen molar-refractivity contribution in [3.05, 3.63) is 106 Å². The van der Waals surface area contributed by atoms with E-state index >= 15 is 0 Å². The molecule has 0 aliphatic carbocycles. The van der Waals surface area contributed by atoms with Gasteiger partial charge in [0.25, 0.3) is 0 Å². The average Bonchev–Trinajstić information content (AvgIpc) is 3.22. The maximum absolute atomic E-state index is 11.0. The number of carboxylic acids is 2. The van der Waals surface area contributed by atoms with Crippen LogP contribution in [-0.4, -0.2) is 43.8 Å². The van der Waals surface area contributed by atoms with Gasteiger partial charge in [0.15, 0.2) is 23.0 Å². The van der Waals surface area contributed by atoms with Crippen molar-refractivity contribution in [1.82, 2.24) is 0 Å². The van der Waals surface area contributed by atoms with E-state index in [1.54, 1.807) is 0 Å². The molecule has 0 saturated heterocycles. The van der Waals surface area contributed by atoms with E-state index in [1.165, 1.54) is 57.1 Å². The molecule has 11 heteroatoms. The van der Waals surface area contributed by atoms with Gasteiger partial charge in [0.05, 0.1) is 34.7 Å². The average molecular weight is 868 g/mol. The summed E-state index contributed by atoms with van der Waals surface area (Å²) in [5, 5.41) is 59.8. The van der Waals surface area contributed by atoms with Gasteiger partial charge in [-0.15, -0.1) is 0 Å². The molecule has 0 saturated carbocycles. The number of carbonyl (C=O) groups excluding carboxylic acids is 2. The second kappa shape index (κ2) is 29.1. The molecule has 0 bridgehead atoms. The minimum absolute atomic E-state index is 0. The number of nitrogens with zero attached hydrogens (tertiary/aromatic N) is 2. The first kappa shape index (κ1) is 52.9. The molecule has 0 fully saturated rings. The van der Waals surface area contributed by atoms with E-state index in [-0.39, 0.29) is 27.6 Å². The zero-order chi connectivity index (χ0) is 43.7. The molecular formula is C49H64N2NiO8. The number of benzene rings is 4. The number of rotatable bonds is 20. The molecule has 4 aromatic rings. The zero-order valence-electron chi connectivity index (χ0n) is 36.2. The second-order valence-corrected chi connectivity index (χ2v) is 14.4. The van der Waals surface area contributed by atoms with Crippen LogP contribution in [0.1, 0.15) is 155 Å². The van der Waals surface area contributed by atoms with Crippen LogP contribution in [0.15, 0.2) is 82.8 Å². The zero-order valence-corrected chi connectivity index (χ0v) is 37.2. The van der Waals surface area contributed by atoms with Crippen molar-refractivity contribution in [2.45, 2.75) is 138 Å². The Morgan fingerprint density at radius 1 is 0.517 bits per heavy atom. The second-order valence-electron chi connectivity index (χ2n) is 14.4. The number of carbonyl (C=O) groups is 2. The van der Waals surface area contributed by atoms with E-state index in [4.69, 9.17) is 9.98 Å². The van der Waals surface area contributed by atoms with Crippen LogP contribution in [0.2, 0.25) is 0 Å². The molecule has 0 unspecified atom stereocenters. The van der Waals surface area contributed by atoms with Crippen LogP contribution in [0, 0.1) is 0 Å². The van der Waals surface area contributed by atoms with Crippen LogP contribution in [0.4, 0.5) is 11.4 Å². The van der Waals surface area contributed by atoms with Gasteiger partial charge in [-0.2, -0.15) is 0 Å². The first-order valence-corrected chi connectivity index (χ1v) is 21.2. The van der Waals surface area contributed by atoms with Gasteiger partial charge < -0.3 is 40.2 Å². The number of carboxylic acid groups (broad SMARTS) is 2. The van der Waals surface area contributed by atoms with E-state index in [2.05, 4.69) is 62.4 Å². The number of hydrogen-bond acceptors (Lipinski definition) is 10. The van der Waals surface area contributed by atoms with Crippen LogP contribution in [-0.2, 0) is 42.2 Å². The van der Waals surface area contributed by atoms with Crippen LogP contribution >= 0.6 is 0 Å². The number of phenols is 4. The van der Waals surface area contributed by atoms with E-state index < -0.39 is 34.9 Å². The number of hydrogen-bond donors (Lipinski definition) is 4. The largest absolute Gasteiger partial charge is 2.00 e. The van der Waals surface area contributed by atoms with Gasteiger partial charge in [-0.3, -0.25) is 9.98 Å². The molecule has 4 rings (SSSR count). The van der Waals surface area contributed by atoms with Gasteiger partial charge >= 0.3 is 16.5 Å². The van der Waals surface area contributed by atoms with Gasteiger partial charge in [-0.1, -0.05) is 123 Å². The Kier molecular flexibility index (Phi) is 25.7. The fraction of sp³-hybridized carbons (Fsp3) is 0.429. The van der Waals surface area contributed by atoms with Crippen LogP contribution in [0.3, 0.4) is 0 Å². The molecular weight excluding hydrogens is 803 g/mol. The maximum Gasteiger partial charge on any atom is 2.00 e. The Morgan fingerprint density at radius 2 is 0.867 bits per heavy atom. The van der Waals surface area contributed by atoms with E-state index in [0.29, 0.717) is 36.8 Å². The van der Waals surface area contributed by atoms with Crippen LogP contribution in [0.25, 0.3) is 0 Å². The number of para-hydroxylation sites is 2. The fourth-order valence-electron chi connectivity index (χ4n) is 6.75. The van der Waals surface area contributed by atoms with Crippen molar-refractivity contribution < 1.29 is 56.7 Å². The molecule has 4 N–H and O–H groups in total. The smallest absolute Gasteiger partial charge is 0.545 e. The fourth-order valence-corrected chi connectivity index (χ4v) is 6.75. The summed E-state index contributed by atoms with van der Waals surface area (Å²) in [4.78, 5) is 31.9. The third kappa shape index (κ3) is 16.8. The van der Waals surface area contributed by atoms with Gasteiger partial charge in [0, 0.05) is 11.1 Å². The predicted octanol–water partition coefficient (Wildman–Crippen LogP) is 10.0. The predicted molar refractivity (Wildman–Crippen MR) is 235 cm³/mol. The molecule has 0 aromatic heterocycles. The molecule has 60 heavy (non-hydrogen) atoms. The molecule has 0 atom stereocenters. The van der Waals surface area contributed by atoms with Crippen molar-refractivity contribution in [2.75, 3.05) is 0 Å². The first-order valence-electron chi connectivity index (χ1n) is 21.2. The summed E-state index contributed by atoms with van der Waals surface area (Å²) in [5.74, 6) is -4.91. The number of aryl methyl sites for hydroxylation is 2. The number of phenolic OH excluding ortho intramolecular Hbond substituents is 2. The normalized spacial score (nSPS) is 11.1. The van der Waals surface area contributed by atoms with E-state index in [1.807, 2.05) is 39.8 Å². The first-order chi connectivity index (χ1) is 28.4. The van der Waals surface area contributed by atoms with Gasteiger partial charge in [-0.05, 0) is 110 Å². The summed E-state index contributed by atoms with van der Waals surface area (Å²) >= 11 is 0. The van der Waals surface area contributed by atoms with Gasteiger partial charge in [0.2, 0.25) is 0 Å². The molecule has 10 nitrogen and oxygen atoms in total. The number of unbranched alkanes of at least 4 members (excludes halogenated alkanes) is 5. The summed E-state index contributed by atoms with van der Waals surface area (Å²) in [5.41, 5.74) is 6.40. The van der Waals surface area contributed by atoms with Crippen molar-refractivity contribution in [1.29, 1.82) is 0 Å². The van der Waals surface area contributed by atoms with Crippen molar-refractivity contribution >= 4 is 34.7 Å². The molecule has 0 radical (unpaired) electrons. The number of aromatic carboxylic acids is 2. The molecule has 0 aliphatic heterocycles. The Labute approximate surface area is 367 Å². The Hall–Kier alpha value is -5.15. The van der Waals surface area contributed by atoms with Crippen molar-refractivity contribution in [3.8, 4) is 23.0 Å². The summed E-state index contributed by atoms with van der Waals surface area (Å²) in [7, 11) is 0. The van der Waals surface area contributed by atoms with Crippen molar-refractivity contribution in [3.63, 3.8) is 0 Å². The standard InChI is InChI=1S/C25H34N2.2C12H16O4.Ni/c1-3-5-7-15-21-25(27-23-18-13-9-14-19-23)24(20-10-6-4-2)26-22-16-11-8-12-17-22;2*1-3-5-8-7(4-2)6-9(13)11(14)10(8)12(15)16;/h8-9,11-14,16-19H,3-7,10,15,20-21H2,1-2H3;2*6,13-14H,3-5H2,1-2H3,(H,15,16);/q;;;+2/p-2. The SMILES string of the molecule is CCCCCCC(=Nc1ccccc1)C(CCCCC)=Nc1ccccc1.CCCc1c(CC)cc(O)c(O)c1C(=O)[O-].CCCc1c(CC)cc(O)c(O)c1C(=O)[O-].[Ni+2]. The topological polar surface area (TPSA) is 186 Å². The molecule has 4 aromatic carbocycles. The summed E-state index contributed by atoms with van der Waals surface area (Å²) in [6.45, 7) is 12.1. The Morgan fingerprint density at radius 3 is 1.18 bits per heavy atom. The van der Waals surface area contributed by atoms with Crippen LogP contribution < -0.4 is 10.2 Å². The maximum atomic E-state index is 11.0. The van der Waals surface area contributed by atoms with Crippen molar-refractivity contribution in [2.24, 2.45) is 9.98 Å². The third-order valence-corrected chi connectivity index (χ3v) is 9.79. The molecule has 0 aliphatic rings. The molecule has 0 heterocycles. The summed E-state index contributed by atoms with van der Waals surface area (Å²) in [6, 6.07) is 23.4. The van der Waals surface area contributed by atoms with E-state index in [0.717, 1.165) is 59.6 Å². The number of aliphatic imine (C=N–C) groups is 2. The quantitative estimate of drug-likeness (QED) is 0.0293. The Balaban J connectivity index is 0.000000473. The van der Waals surface area contributed by atoms with Crippen LogP contribution in [0.5, 0.6) is 23.0 Å². The molecule has 0 amide bonds. The molecule has 0 spiro atoms. The third-order valence-electron chi connectivity index (χ3n) is 9.79. The monoisotopic (exact) mass is 866 g/mol. The number of aromatic hydroxyl groups is 4. The van der Waals surface area contributed by atoms with Gasteiger partial charge in [-0.25, -0.2) is 0 Å². The summed E-state index contributed by atoms with van der Waals surface area (Å²) < 4.78 is 0. The van der Waals surface area contributed by atoms with Gasteiger partial charge in [0.1, 0.15) is 0 Å². The minimum Gasteiger partial charge on any atom is -0.545 e. The molecule has 328 valence electrons. The Bertz CT molecular complexity index is 1880. The minimum atomic E-state index is -1.45.